The van der Waals surface area contributed by atoms with Crippen molar-refractivity contribution in [3.05, 3.63) is 41.1 Å². The maximum Gasteiger partial charge on any atom is 0.138 e. The van der Waals surface area contributed by atoms with Gasteiger partial charge in [-0.3, -0.25) is 0 Å². The molecular weight excluding hydrogens is 200 g/mol. The molecule has 1 aromatic rings. The zero-order valence-electron chi connectivity index (χ0n) is 7.67. The molecule has 0 bridgehead atoms. The molecule has 14 heavy (non-hydrogen) atoms. The number of phenols is 1. The van der Waals surface area contributed by atoms with Crippen LogP contribution in [0.2, 0.25) is 5.02 Å². The van der Waals surface area contributed by atoms with Crippen molar-refractivity contribution in [1.29, 1.82) is 0 Å². The van der Waals surface area contributed by atoms with Gasteiger partial charge in [0.05, 0.1) is 5.02 Å². The molecule has 3 heteroatoms. The Labute approximate surface area is 87.1 Å². The lowest BCUT2D eigenvalue weighted by Crippen LogP contribution is -2.00. The van der Waals surface area contributed by atoms with E-state index in [1.54, 1.807) is 6.07 Å². The Morgan fingerprint density at radius 3 is 2.86 bits per heavy atom. The van der Waals surface area contributed by atoms with Crippen molar-refractivity contribution in [3.8, 4) is 11.5 Å². The Kier molecular flexibility index (Phi) is 2.01. The number of hydrogen-bond donors (Lipinski definition) is 1. The Balaban J connectivity index is 2.64. The van der Waals surface area contributed by atoms with Crippen molar-refractivity contribution in [2.24, 2.45) is 0 Å². The fourth-order valence-corrected chi connectivity index (χ4v) is 1.59. The van der Waals surface area contributed by atoms with E-state index in [-0.39, 0.29) is 5.75 Å². The van der Waals surface area contributed by atoms with Crippen LogP contribution in [0.25, 0.3) is 5.57 Å². The summed E-state index contributed by atoms with van der Waals surface area (Å²) in [5.41, 5.74) is 1.92. The number of halogens is 1. The fourth-order valence-electron chi connectivity index (χ4n) is 1.43. The minimum absolute atomic E-state index is 0.0212. The van der Waals surface area contributed by atoms with Crippen LogP contribution in [0, 0.1) is 0 Å². The predicted octanol–water partition coefficient (Wildman–Crippen LogP) is 3.36. The molecule has 0 saturated heterocycles. The van der Waals surface area contributed by atoms with Gasteiger partial charge in [0.15, 0.2) is 0 Å². The summed E-state index contributed by atoms with van der Waals surface area (Å²) in [5.74, 6) is 1.18. The average Bonchev–Trinajstić information content (AvgIpc) is 2.08. The molecule has 0 spiro atoms. The van der Waals surface area contributed by atoms with Gasteiger partial charge in [-0.1, -0.05) is 18.2 Å². The van der Waals surface area contributed by atoms with Gasteiger partial charge in [-0.2, -0.15) is 0 Å². The maximum atomic E-state index is 9.39. The molecule has 1 aromatic carbocycles. The molecule has 0 aromatic heterocycles. The van der Waals surface area contributed by atoms with Crippen LogP contribution in [0.4, 0.5) is 0 Å². The van der Waals surface area contributed by atoms with Gasteiger partial charge < -0.3 is 9.84 Å². The molecule has 2 rings (SSSR count). The molecular formula is C11H9ClO2. The van der Waals surface area contributed by atoms with Crippen LogP contribution >= 0.6 is 11.6 Å². The third kappa shape index (κ3) is 1.38. The van der Waals surface area contributed by atoms with Crippen LogP contribution in [0.1, 0.15) is 12.5 Å². The van der Waals surface area contributed by atoms with Gasteiger partial charge in [-0.05, 0) is 24.6 Å². The zero-order valence-corrected chi connectivity index (χ0v) is 8.43. The van der Waals surface area contributed by atoms with Crippen molar-refractivity contribution < 1.29 is 9.84 Å². The number of fused-ring (bicyclic) bond motifs is 1. The second kappa shape index (κ2) is 3.07. The first-order chi connectivity index (χ1) is 6.58. The van der Waals surface area contributed by atoms with E-state index >= 15 is 0 Å². The molecule has 1 N–H and O–H groups in total. The van der Waals surface area contributed by atoms with Crippen LogP contribution in [0.5, 0.6) is 11.5 Å². The SMILES string of the molecule is C=C1C=C(C)c2cc(Cl)c(O)cc2O1. The average molecular weight is 209 g/mol. The summed E-state index contributed by atoms with van der Waals surface area (Å²) >= 11 is 5.79. The van der Waals surface area contributed by atoms with Gasteiger partial charge >= 0.3 is 0 Å². The van der Waals surface area contributed by atoms with Crippen LogP contribution in [-0.2, 0) is 0 Å². The first-order valence-electron chi connectivity index (χ1n) is 4.16. The number of hydrogen-bond acceptors (Lipinski definition) is 2. The van der Waals surface area contributed by atoms with Gasteiger partial charge in [0, 0.05) is 11.6 Å². The standard InChI is InChI=1S/C11H9ClO2/c1-6-3-7(2)14-11-5-10(13)9(12)4-8(6)11/h3-5,13H,2H2,1H3. The highest BCUT2D eigenvalue weighted by molar-refractivity contribution is 6.32. The largest absolute Gasteiger partial charge is 0.506 e. The van der Waals surface area contributed by atoms with E-state index in [4.69, 9.17) is 16.3 Å². The van der Waals surface area contributed by atoms with E-state index in [0.29, 0.717) is 16.5 Å². The van der Waals surface area contributed by atoms with Crippen molar-refractivity contribution in [2.75, 3.05) is 0 Å². The Morgan fingerprint density at radius 2 is 2.14 bits per heavy atom. The van der Waals surface area contributed by atoms with Gasteiger partial charge in [0.2, 0.25) is 0 Å². The number of benzene rings is 1. The van der Waals surface area contributed by atoms with Crippen LogP contribution < -0.4 is 4.74 Å². The number of rotatable bonds is 0. The molecule has 1 heterocycles. The normalized spacial score (nSPS) is 14.4. The third-order valence-electron chi connectivity index (χ3n) is 2.09. The van der Waals surface area contributed by atoms with Gasteiger partial charge in [-0.15, -0.1) is 0 Å². The summed E-state index contributed by atoms with van der Waals surface area (Å²) < 4.78 is 5.35. The van der Waals surface area contributed by atoms with Crippen molar-refractivity contribution >= 4 is 17.2 Å². The molecule has 72 valence electrons. The van der Waals surface area contributed by atoms with Crippen molar-refractivity contribution in [1.82, 2.24) is 0 Å². The van der Waals surface area contributed by atoms with E-state index in [9.17, 15) is 5.11 Å². The van der Waals surface area contributed by atoms with Gasteiger partial charge in [-0.25, -0.2) is 0 Å². The Morgan fingerprint density at radius 1 is 1.43 bits per heavy atom. The molecule has 0 unspecified atom stereocenters. The molecule has 0 aliphatic carbocycles. The van der Waals surface area contributed by atoms with E-state index < -0.39 is 0 Å². The summed E-state index contributed by atoms with van der Waals surface area (Å²) in [5, 5.41) is 9.71. The minimum atomic E-state index is 0.0212. The van der Waals surface area contributed by atoms with Crippen LogP contribution in [-0.4, -0.2) is 5.11 Å². The van der Waals surface area contributed by atoms with Crippen LogP contribution in [0.15, 0.2) is 30.5 Å². The molecule has 0 radical (unpaired) electrons. The number of ether oxygens (including phenoxy) is 1. The van der Waals surface area contributed by atoms with E-state index in [1.807, 2.05) is 13.0 Å². The highest BCUT2D eigenvalue weighted by Gasteiger charge is 2.15. The molecule has 1 aliphatic rings. The smallest absolute Gasteiger partial charge is 0.138 e. The lowest BCUT2D eigenvalue weighted by atomic mass is 10.0. The monoisotopic (exact) mass is 208 g/mol. The summed E-state index contributed by atoms with van der Waals surface area (Å²) in [6, 6.07) is 3.18. The zero-order chi connectivity index (χ0) is 10.3. The van der Waals surface area contributed by atoms with Gasteiger partial charge in [0.1, 0.15) is 17.3 Å². The predicted molar refractivity (Wildman–Crippen MR) is 56.5 cm³/mol. The first-order valence-corrected chi connectivity index (χ1v) is 4.53. The van der Waals surface area contributed by atoms with E-state index in [1.165, 1.54) is 6.07 Å². The summed E-state index contributed by atoms with van der Waals surface area (Å²) in [4.78, 5) is 0. The topological polar surface area (TPSA) is 29.5 Å². The van der Waals surface area contributed by atoms with Gasteiger partial charge in [0.25, 0.3) is 0 Å². The third-order valence-corrected chi connectivity index (χ3v) is 2.40. The number of phenolic OH excluding ortho intramolecular Hbond substituents is 1. The Bertz CT molecular complexity index is 447. The Hall–Kier alpha value is -1.41. The summed E-state index contributed by atoms with van der Waals surface area (Å²) in [6.07, 6.45) is 1.83. The second-order valence-corrected chi connectivity index (χ2v) is 3.60. The quantitative estimate of drug-likeness (QED) is 0.709. The molecule has 0 saturated carbocycles. The van der Waals surface area contributed by atoms with E-state index in [2.05, 4.69) is 6.58 Å². The lowest BCUT2D eigenvalue weighted by molar-refractivity contribution is 0.429. The highest BCUT2D eigenvalue weighted by Crippen LogP contribution is 2.38. The summed E-state index contributed by atoms with van der Waals surface area (Å²) in [6.45, 7) is 5.65. The highest BCUT2D eigenvalue weighted by atomic mass is 35.5. The second-order valence-electron chi connectivity index (χ2n) is 3.20. The maximum absolute atomic E-state index is 9.39. The minimum Gasteiger partial charge on any atom is -0.506 e. The molecule has 2 nitrogen and oxygen atoms in total. The number of aromatic hydroxyl groups is 1. The van der Waals surface area contributed by atoms with Crippen molar-refractivity contribution in [3.63, 3.8) is 0 Å². The molecule has 0 fully saturated rings. The fraction of sp³-hybridized carbons (Fsp3) is 0.0909. The van der Waals surface area contributed by atoms with Crippen LogP contribution in [0.3, 0.4) is 0 Å². The summed E-state index contributed by atoms with van der Waals surface area (Å²) in [7, 11) is 0. The molecule has 1 aliphatic heterocycles. The molecule has 0 amide bonds. The molecule has 0 atom stereocenters. The number of allylic oxidation sites excluding steroid dienone is 2. The van der Waals surface area contributed by atoms with E-state index in [0.717, 1.165) is 11.1 Å². The van der Waals surface area contributed by atoms with Crippen molar-refractivity contribution in [2.45, 2.75) is 6.92 Å². The first kappa shape index (κ1) is 9.16. The lowest BCUT2D eigenvalue weighted by Gasteiger charge is -2.18.